The zero-order valence-corrected chi connectivity index (χ0v) is 21.6. The van der Waals surface area contributed by atoms with Crippen LogP contribution in [0.25, 0.3) is 0 Å². The van der Waals surface area contributed by atoms with Gasteiger partial charge in [0.25, 0.3) is 5.91 Å². The number of unbranched alkanes of at least 4 members (excludes halogenated alkanes) is 1. The van der Waals surface area contributed by atoms with Crippen molar-refractivity contribution < 1.29 is 14.3 Å². The highest BCUT2D eigenvalue weighted by molar-refractivity contribution is 7.80. The lowest BCUT2D eigenvalue weighted by molar-refractivity contribution is -0.00272. The summed E-state index contributed by atoms with van der Waals surface area (Å²) in [5.74, 6) is 0.861. The molecule has 3 aromatic carbocycles. The molecule has 0 aromatic heterocycles. The summed E-state index contributed by atoms with van der Waals surface area (Å²) in [4.78, 5) is 13.1. The van der Waals surface area contributed by atoms with E-state index >= 15 is 0 Å². The van der Waals surface area contributed by atoms with E-state index in [1.807, 2.05) is 30.3 Å². The highest BCUT2D eigenvalue weighted by Crippen LogP contribution is 2.40. The summed E-state index contributed by atoms with van der Waals surface area (Å²) in [5, 5.41) is 7.45. The Morgan fingerprint density at radius 3 is 2.43 bits per heavy atom. The van der Waals surface area contributed by atoms with E-state index in [-0.39, 0.29) is 11.8 Å². The quantitative estimate of drug-likeness (QED) is 0.226. The van der Waals surface area contributed by atoms with Crippen LogP contribution in [0.15, 0.2) is 66.7 Å². The Bertz CT molecular complexity index is 1190. The lowest BCUT2D eigenvalue weighted by Crippen LogP contribution is -2.34. The highest BCUT2D eigenvalue weighted by Gasteiger charge is 2.31. The molecular weight excluding hydrogens is 503 g/mol. The van der Waals surface area contributed by atoms with Crippen LogP contribution in [0.5, 0.6) is 11.5 Å². The van der Waals surface area contributed by atoms with Crippen molar-refractivity contribution in [3.63, 3.8) is 0 Å². The zero-order valence-electron chi connectivity index (χ0n) is 19.2. The van der Waals surface area contributed by atoms with Gasteiger partial charge in [0, 0.05) is 39.8 Å². The van der Waals surface area contributed by atoms with Crippen molar-refractivity contribution in [3.8, 4) is 11.5 Å². The third-order valence-corrected chi connectivity index (χ3v) is 6.59. The van der Waals surface area contributed by atoms with E-state index in [9.17, 15) is 4.79 Å². The lowest BCUT2D eigenvalue weighted by Gasteiger charge is -2.23. The van der Waals surface area contributed by atoms with Gasteiger partial charge in [-0.15, -0.1) is 0 Å². The maximum atomic E-state index is 12.7. The molecule has 2 unspecified atom stereocenters. The fourth-order valence-corrected chi connectivity index (χ4v) is 4.44. The van der Waals surface area contributed by atoms with Gasteiger partial charge < -0.3 is 20.1 Å². The largest absolute Gasteiger partial charge is 0.455 e. The van der Waals surface area contributed by atoms with Crippen molar-refractivity contribution in [2.24, 2.45) is 0 Å². The number of halogens is 2. The number of anilines is 1. The summed E-state index contributed by atoms with van der Waals surface area (Å²) >= 11 is 17.6. The third kappa shape index (κ3) is 6.45. The van der Waals surface area contributed by atoms with Crippen molar-refractivity contribution in [3.05, 3.63) is 87.9 Å². The maximum absolute atomic E-state index is 12.7. The normalized spacial score (nSPS) is 15.0. The van der Waals surface area contributed by atoms with Crippen LogP contribution in [-0.2, 0) is 0 Å². The van der Waals surface area contributed by atoms with E-state index in [1.165, 1.54) is 0 Å². The minimum atomic E-state index is -0.485. The molecule has 0 radical (unpaired) electrons. The molecule has 5 nitrogen and oxygen atoms in total. The average Bonchev–Trinajstić information content (AvgIpc) is 3.30. The fraction of sp³-hybridized carbons (Fsp3) is 0.259. The molecule has 4 rings (SSSR count). The molecule has 0 saturated heterocycles. The van der Waals surface area contributed by atoms with Gasteiger partial charge >= 0.3 is 0 Å². The molecule has 1 aliphatic rings. The molecule has 0 saturated carbocycles. The molecule has 35 heavy (non-hydrogen) atoms. The molecule has 0 aliphatic carbocycles. The predicted octanol–water partition coefficient (Wildman–Crippen LogP) is 7.23. The molecule has 0 fully saturated rings. The molecule has 2 N–H and O–H groups in total. The number of amides is 1. The molecule has 8 heteroatoms. The monoisotopic (exact) mass is 528 g/mol. The van der Waals surface area contributed by atoms with E-state index in [0.717, 1.165) is 30.5 Å². The topological polar surface area (TPSA) is 59.6 Å². The van der Waals surface area contributed by atoms with Gasteiger partial charge in [-0.25, -0.2) is 0 Å². The van der Waals surface area contributed by atoms with Crippen LogP contribution >= 0.6 is 35.4 Å². The van der Waals surface area contributed by atoms with Crippen LogP contribution in [0, 0.1) is 0 Å². The predicted molar refractivity (Wildman–Crippen MR) is 145 cm³/mol. The molecule has 1 aliphatic heterocycles. The minimum absolute atomic E-state index is 0.227. The number of benzene rings is 3. The van der Waals surface area contributed by atoms with Gasteiger partial charge in [-0.05, 0) is 67.1 Å². The van der Waals surface area contributed by atoms with Crippen molar-refractivity contribution in [2.75, 3.05) is 11.9 Å². The number of fused-ring (bicyclic) bond motifs is 1. The van der Waals surface area contributed by atoms with Crippen molar-refractivity contribution in [1.29, 1.82) is 0 Å². The number of rotatable bonds is 9. The Labute approximate surface area is 220 Å². The van der Waals surface area contributed by atoms with Crippen molar-refractivity contribution in [1.82, 2.24) is 5.32 Å². The first kappa shape index (κ1) is 25.3. The second-order valence-corrected chi connectivity index (χ2v) is 9.55. The lowest BCUT2D eigenvalue weighted by atomic mass is 9.99. The molecule has 1 amide bonds. The molecule has 0 spiro atoms. The SMILES string of the molecule is CCCCC(Oc1ccc(Cl)cc1)Oc1cccc2c1C(C(=S)NC(=O)c1ccc(Cl)cc1)CN2. The first-order valence-electron chi connectivity index (χ1n) is 11.5. The van der Waals surface area contributed by atoms with Gasteiger partial charge in [-0.2, -0.15) is 0 Å². The highest BCUT2D eigenvalue weighted by atomic mass is 35.5. The Morgan fingerprint density at radius 2 is 1.74 bits per heavy atom. The zero-order chi connectivity index (χ0) is 24.8. The Morgan fingerprint density at radius 1 is 1.06 bits per heavy atom. The van der Waals surface area contributed by atoms with Gasteiger partial charge in [0.1, 0.15) is 11.5 Å². The molecule has 1 heterocycles. The second kappa shape index (κ2) is 11.8. The first-order chi connectivity index (χ1) is 16.9. The van der Waals surface area contributed by atoms with Gasteiger partial charge in [0.2, 0.25) is 6.29 Å². The van der Waals surface area contributed by atoms with Crippen LogP contribution in [0.4, 0.5) is 5.69 Å². The van der Waals surface area contributed by atoms with Gasteiger partial charge in [-0.3, -0.25) is 4.79 Å². The van der Waals surface area contributed by atoms with E-state index in [2.05, 4.69) is 17.6 Å². The summed E-state index contributed by atoms with van der Waals surface area (Å²) in [6, 6.07) is 19.7. The van der Waals surface area contributed by atoms with Crippen LogP contribution in [0.2, 0.25) is 10.0 Å². The van der Waals surface area contributed by atoms with Gasteiger partial charge in [-0.1, -0.05) is 54.8 Å². The summed E-state index contributed by atoms with van der Waals surface area (Å²) in [6.45, 7) is 2.69. The third-order valence-electron chi connectivity index (χ3n) is 5.70. The van der Waals surface area contributed by atoms with Crippen molar-refractivity contribution in [2.45, 2.75) is 38.4 Å². The Kier molecular flexibility index (Phi) is 8.50. The summed E-state index contributed by atoms with van der Waals surface area (Å²) < 4.78 is 12.5. The van der Waals surface area contributed by atoms with E-state index in [4.69, 9.17) is 44.9 Å². The number of ether oxygens (including phenoxy) is 2. The molecule has 0 bridgehead atoms. The van der Waals surface area contributed by atoms with Crippen LogP contribution in [0.3, 0.4) is 0 Å². The summed E-state index contributed by atoms with van der Waals surface area (Å²) in [7, 11) is 0. The molecular formula is C27H26Cl2N2O3S. The van der Waals surface area contributed by atoms with E-state index in [1.54, 1.807) is 36.4 Å². The first-order valence-corrected chi connectivity index (χ1v) is 12.7. The van der Waals surface area contributed by atoms with E-state index in [0.29, 0.717) is 38.6 Å². The number of carbonyl (C=O) groups is 1. The number of carbonyl (C=O) groups excluding carboxylic acids is 1. The smallest absolute Gasteiger partial charge is 0.256 e. The average molecular weight is 529 g/mol. The Balaban J connectivity index is 1.52. The molecule has 182 valence electrons. The summed E-state index contributed by atoms with van der Waals surface area (Å²) in [5.41, 5.74) is 2.33. The van der Waals surface area contributed by atoms with Crippen LogP contribution in [0.1, 0.15) is 48.0 Å². The minimum Gasteiger partial charge on any atom is -0.455 e. The molecule has 3 aromatic rings. The molecule has 2 atom stereocenters. The van der Waals surface area contributed by atoms with Crippen LogP contribution in [-0.4, -0.2) is 23.7 Å². The van der Waals surface area contributed by atoms with Crippen LogP contribution < -0.4 is 20.1 Å². The van der Waals surface area contributed by atoms with Gasteiger partial charge in [0.15, 0.2) is 0 Å². The second-order valence-electron chi connectivity index (χ2n) is 8.24. The number of thiocarbonyl (C=S) groups is 1. The standard InChI is InChI=1S/C27H26Cl2N2O3S/c1-2-3-7-24(33-20-14-12-19(29)13-15-20)34-23-6-4-5-22-25(23)21(16-30-22)27(35)31-26(32)17-8-10-18(28)11-9-17/h4-6,8-15,21,24,30H,2-3,7,16H2,1H3,(H,31,32,35). The van der Waals surface area contributed by atoms with Gasteiger partial charge in [0.05, 0.1) is 10.9 Å². The fourth-order valence-electron chi connectivity index (χ4n) is 3.89. The number of hydrogen-bond donors (Lipinski definition) is 2. The van der Waals surface area contributed by atoms with Crippen molar-refractivity contribution >= 4 is 52.0 Å². The maximum Gasteiger partial charge on any atom is 0.256 e. The Hall–Kier alpha value is -2.80. The van der Waals surface area contributed by atoms with E-state index < -0.39 is 6.29 Å². The number of hydrogen-bond acceptors (Lipinski definition) is 5. The summed E-state index contributed by atoms with van der Waals surface area (Å²) in [6.07, 6.45) is 2.20. The number of nitrogens with one attached hydrogen (secondary N) is 2.